The van der Waals surface area contributed by atoms with E-state index in [0.717, 1.165) is 0 Å². The van der Waals surface area contributed by atoms with Gasteiger partial charge in [-0.05, 0) is 37.9 Å². The summed E-state index contributed by atoms with van der Waals surface area (Å²) in [6.07, 6.45) is 0. The number of benzene rings is 1. The van der Waals surface area contributed by atoms with Crippen molar-refractivity contribution in [2.75, 3.05) is 14.2 Å². The molecule has 0 aliphatic heterocycles. The highest BCUT2D eigenvalue weighted by molar-refractivity contribution is 9.11. The van der Waals surface area contributed by atoms with Gasteiger partial charge in [0, 0.05) is 0 Å². The fourth-order valence-electron chi connectivity index (χ4n) is 1.18. The van der Waals surface area contributed by atoms with Crippen molar-refractivity contribution in [3.63, 3.8) is 0 Å². The first-order chi connectivity index (χ1) is 7.02. The van der Waals surface area contributed by atoms with Crippen LogP contribution in [0.2, 0.25) is 0 Å². The molecule has 6 heteroatoms. The summed E-state index contributed by atoms with van der Waals surface area (Å²) in [5.41, 5.74) is -0.0127. The second-order valence-electron chi connectivity index (χ2n) is 2.59. The Hall–Kier alpha value is -0.750. The van der Waals surface area contributed by atoms with E-state index in [4.69, 9.17) is 14.6 Å². The van der Waals surface area contributed by atoms with Gasteiger partial charge in [0.25, 0.3) is 0 Å². The Morgan fingerprint density at radius 2 is 1.60 bits per heavy atom. The Morgan fingerprint density at radius 3 is 1.87 bits per heavy atom. The number of halogens is 2. The summed E-state index contributed by atoms with van der Waals surface area (Å²) in [6.45, 7) is 0. The van der Waals surface area contributed by atoms with Crippen LogP contribution in [-0.2, 0) is 0 Å². The lowest BCUT2D eigenvalue weighted by atomic mass is 10.2. The van der Waals surface area contributed by atoms with Crippen molar-refractivity contribution in [1.29, 1.82) is 0 Å². The first kappa shape index (κ1) is 12.3. The van der Waals surface area contributed by atoms with Crippen LogP contribution in [-0.4, -0.2) is 25.3 Å². The molecule has 0 aliphatic rings. The highest BCUT2D eigenvalue weighted by Gasteiger charge is 2.22. The summed E-state index contributed by atoms with van der Waals surface area (Å²) in [6, 6.07) is 1.67. The van der Waals surface area contributed by atoms with Crippen molar-refractivity contribution in [2.24, 2.45) is 0 Å². The van der Waals surface area contributed by atoms with Crippen molar-refractivity contribution < 1.29 is 19.4 Å². The summed E-state index contributed by atoms with van der Waals surface area (Å²) in [7, 11) is 2.81. The first-order valence-electron chi connectivity index (χ1n) is 3.86. The number of carboxylic acid groups (broad SMARTS) is 1. The molecule has 15 heavy (non-hydrogen) atoms. The Morgan fingerprint density at radius 1 is 1.20 bits per heavy atom. The number of ether oxygens (including phenoxy) is 2. The molecule has 0 saturated carbocycles. The van der Waals surface area contributed by atoms with Crippen LogP contribution in [0.1, 0.15) is 10.4 Å². The second kappa shape index (κ2) is 4.85. The van der Waals surface area contributed by atoms with Gasteiger partial charge in [0.05, 0.1) is 23.2 Å². The van der Waals surface area contributed by atoms with Gasteiger partial charge in [0.2, 0.25) is 0 Å². The fourth-order valence-corrected chi connectivity index (χ4v) is 2.66. The van der Waals surface area contributed by atoms with Crippen LogP contribution in [0, 0.1) is 0 Å². The Bertz CT molecular complexity index is 375. The van der Waals surface area contributed by atoms with Gasteiger partial charge in [-0.1, -0.05) is 0 Å². The maximum absolute atomic E-state index is 11.1. The van der Waals surface area contributed by atoms with Gasteiger partial charge in [-0.15, -0.1) is 0 Å². The summed E-state index contributed by atoms with van der Waals surface area (Å²) < 4.78 is 11.1. The third kappa shape index (κ3) is 2.26. The molecule has 0 atom stereocenters. The monoisotopic (exact) mass is 338 g/mol. The molecule has 0 saturated heterocycles. The normalized spacial score (nSPS) is 9.87. The van der Waals surface area contributed by atoms with E-state index < -0.39 is 5.97 Å². The van der Waals surface area contributed by atoms with Crippen molar-refractivity contribution in [3.05, 3.63) is 20.6 Å². The maximum Gasteiger partial charge on any atom is 0.343 e. The summed E-state index contributed by atoms with van der Waals surface area (Å²) in [5.74, 6) is -0.629. The molecule has 0 aliphatic carbocycles. The SMILES string of the molecule is COc1c(Br)cc(Br)c(OC)c1C(=O)O. The van der Waals surface area contributed by atoms with Crippen molar-refractivity contribution in [1.82, 2.24) is 0 Å². The molecule has 4 nitrogen and oxygen atoms in total. The average molecular weight is 340 g/mol. The van der Waals surface area contributed by atoms with E-state index in [2.05, 4.69) is 31.9 Å². The van der Waals surface area contributed by atoms with E-state index >= 15 is 0 Å². The minimum absolute atomic E-state index is 0.0127. The number of carboxylic acids is 1. The van der Waals surface area contributed by atoms with Crippen LogP contribution in [0.5, 0.6) is 11.5 Å². The quantitative estimate of drug-likeness (QED) is 0.919. The lowest BCUT2D eigenvalue weighted by molar-refractivity contribution is 0.0689. The van der Waals surface area contributed by atoms with Crippen molar-refractivity contribution in [3.8, 4) is 11.5 Å². The molecule has 0 aromatic heterocycles. The van der Waals surface area contributed by atoms with Crippen LogP contribution in [0.25, 0.3) is 0 Å². The van der Waals surface area contributed by atoms with Crippen molar-refractivity contribution in [2.45, 2.75) is 0 Å². The molecule has 0 bridgehead atoms. The molecule has 82 valence electrons. The summed E-state index contributed by atoms with van der Waals surface area (Å²) in [5, 5.41) is 9.06. The van der Waals surface area contributed by atoms with Gasteiger partial charge in [0.15, 0.2) is 11.5 Å². The standard InChI is InChI=1S/C9H8Br2O4/c1-14-7-4(10)3-5(11)8(15-2)6(7)9(12)13/h3H,1-2H3,(H,12,13). The number of aromatic carboxylic acids is 1. The van der Waals surface area contributed by atoms with Gasteiger partial charge in [-0.3, -0.25) is 0 Å². The van der Waals surface area contributed by atoms with E-state index in [0.29, 0.717) is 8.95 Å². The average Bonchev–Trinajstić information content (AvgIpc) is 2.16. The third-order valence-electron chi connectivity index (χ3n) is 1.76. The largest absolute Gasteiger partial charge is 0.495 e. The zero-order valence-electron chi connectivity index (χ0n) is 8.01. The summed E-state index contributed by atoms with van der Waals surface area (Å²) in [4.78, 5) is 11.1. The van der Waals surface area contributed by atoms with Crippen LogP contribution >= 0.6 is 31.9 Å². The molecule has 0 radical (unpaired) electrons. The van der Waals surface area contributed by atoms with Gasteiger partial charge < -0.3 is 14.6 Å². The Labute approximate surface area is 103 Å². The number of methoxy groups -OCH3 is 2. The molecule has 0 amide bonds. The molecule has 0 fully saturated rings. The maximum atomic E-state index is 11.1. The smallest absolute Gasteiger partial charge is 0.343 e. The van der Waals surface area contributed by atoms with Crippen LogP contribution in [0.3, 0.4) is 0 Å². The third-order valence-corrected chi connectivity index (χ3v) is 2.94. The summed E-state index contributed by atoms with van der Waals surface area (Å²) >= 11 is 6.43. The Kier molecular flexibility index (Phi) is 3.98. The van der Waals surface area contributed by atoms with E-state index in [-0.39, 0.29) is 17.1 Å². The minimum atomic E-state index is -1.11. The molecular weight excluding hydrogens is 332 g/mol. The molecular formula is C9H8Br2O4. The van der Waals surface area contributed by atoms with Crippen LogP contribution < -0.4 is 9.47 Å². The molecule has 0 spiro atoms. The minimum Gasteiger partial charge on any atom is -0.495 e. The fraction of sp³-hybridized carbons (Fsp3) is 0.222. The van der Waals surface area contributed by atoms with Gasteiger partial charge >= 0.3 is 5.97 Å². The molecule has 0 heterocycles. The highest BCUT2D eigenvalue weighted by atomic mass is 79.9. The molecule has 1 aromatic carbocycles. The lowest BCUT2D eigenvalue weighted by Crippen LogP contribution is -2.05. The molecule has 1 aromatic rings. The highest BCUT2D eigenvalue weighted by Crippen LogP contribution is 2.41. The molecule has 0 unspecified atom stereocenters. The van der Waals surface area contributed by atoms with Crippen LogP contribution in [0.15, 0.2) is 15.0 Å². The van der Waals surface area contributed by atoms with Crippen LogP contribution in [0.4, 0.5) is 0 Å². The lowest BCUT2D eigenvalue weighted by Gasteiger charge is -2.13. The van der Waals surface area contributed by atoms with E-state index in [1.54, 1.807) is 6.07 Å². The molecule has 1 N–H and O–H groups in total. The number of carbonyl (C=O) groups is 1. The topological polar surface area (TPSA) is 55.8 Å². The second-order valence-corrected chi connectivity index (χ2v) is 4.30. The first-order valence-corrected chi connectivity index (χ1v) is 5.44. The van der Waals surface area contributed by atoms with E-state index in [9.17, 15) is 4.79 Å². The van der Waals surface area contributed by atoms with E-state index in [1.165, 1.54) is 14.2 Å². The molecule has 1 rings (SSSR count). The van der Waals surface area contributed by atoms with E-state index in [1.807, 2.05) is 0 Å². The Balaban J connectivity index is 3.58. The van der Waals surface area contributed by atoms with Gasteiger partial charge in [0.1, 0.15) is 5.56 Å². The number of hydrogen-bond donors (Lipinski definition) is 1. The predicted octanol–water partition coefficient (Wildman–Crippen LogP) is 2.93. The number of rotatable bonds is 3. The zero-order chi connectivity index (χ0) is 11.6. The number of hydrogen-bond acceptors (Lipinski definition) is 3. The van der Waals surface area contributed by atoms with Gasteiger partial charge in [-0.2, -0.15) is 0 Å². The predicted molar refractivity (Wildman–Crippen MR) is 61.9 cm³/mol. The van der Waals surface area contributed by atoms with Gasteiger partial charge in [-0.25, -0.2) is 4.79 Å². The zero-order valence-corrected chi connectivity index (χ0v) is 11.2. The van der Waals surface area contributed by atoms with Crippen molar-refractivity contribution >= 4 is 37.8 Å².